The van der Waals surface area contributed by atoms with Gasteiger partial charge in [0, 0.05) is 18.0 Å². The van der Waals surface area contributed by atoms with Gasteiger partial charge in [0.1, 0.15) is 0 Å². The summed E-state index contributed by atoms with van der Waals surface area (Å²) in [6.07, 6.45) is 6.12. The molecule has 72 valence electrons. The van der Waals surface area contributed by atoms with Crippen molar-refractivity contribution in [1.29, 1.82) is 5.26 Å². The zero-order chi connectivity index (χ0) is 9.26. The first-order chi connectivity index (χ1) is 6.29. The monoisotopic (exact) mass is 178 g/mol. The molecule has 4 unspecified atom stereocenters. The molecule has 2 aliphatic carbocycles. The zero-order valence-electron chi connectivity index (χ0n) is 8.29. The van der Waals surface area contributed by atoms with Crippen molar-refractivity contribution in [2.24, 2.45) is 11.8 Å². The molecule has 4 atom stereocenters. The van der Waals surface area contributed by atoms with Gasteiger partial charge < -0.3 is 5.32 Å². The molecule has 0 spiro atoms. The normalized spacial score (nSPS) is 44.0. The van der Waals surface area contributed by atoms with Crippen LogP contribution in [0.2, 0.25) is 0 Å². The summed E-state index contributed by atoms with van der Waals surface area (Å²) in [5.41, 5.74) is 0. The molecule has 0 heterocycles. The lowest BCUT2D eigenvalue weighted by Gasteiger charge is -2.36. The molecule has 0 bridgehead atoms. The largest absolute Gasteiger partial charge is 0.311 e. The number of rotatable bonds is 2. The molecular formula is C11H18N2. The fraction of sp³-hybridized carbons (Fsp3) is 0.909. The SMILES string of the molecule is CC1CCC1NC1CCC(C#N)C1. The standard InChI is InChI=1S/C11H18N2/c1-8-2-5-11(8)13-10-4-3-9(6-10)7-12/h8-11,13H,2-6H2,1H3. The van der Waals surface area contributed by atoms with Crippen LogP contribution in [-0.2, 0) is 0 Å². The lowest BCUT2D eigenvalue weighted by molar-refractivity contribution is 0.209. The Labute approximate surface area is 80.3 Å². The Bertz CT molecular complexity index is 219. The highest BCUT2D eigenvalue weighted by Gasteiger charge is 2.31. The van der Waals surface area contributed by atoms with Gasteiger partial charge >= 0.3 is 0 Å². The molecule has 2 aliphatic rings. The second-order valence-corrected chi connectivity index (χ2v) is 4.66. The predicted octanol–water partition coefficient (Wildman–Crippen LogP) is 2.07. The third kappa shape index (κ3) is 1.86. The second-order valence-electron chi connectivity index (χ2n) is 4.66. The van der Waals surface area contributed by atoms with Gasteiger partial charge in [-0.2, -0.15) is 5.26 Å². The Morgan fingerprint density at radius 2 is 2.08 bits per heavy atom. The fourth-order valence-corrected chi connectivity index (χ4v) is 2.47. The highest BCUT2D eigenvalue weighted by atomic mass is 15.0. The van der Waals surface area contributed by atoms with E-state index in [4.69, 9.17) is 5.26 Å². The van der Waals surface area contributed by atoms with E-state index in [1.54, 1.807) is 0 Å². The Morgan fingerprint density at radius 3 is 2.54 bits per heavy atom. The van der Waals surface area contributed by atoms with Crippen molar-refractivity contribution in [2.75, 3.05) is 0 Å². The predicted molar refractivity (Wildman–Crippen MR) is 52.1 cm³/mol. The molecule has 0 saturated heterocycles. The third-order valence-electron chi connectivity index (χ3n) is 3.68. The van der Waals surface area contributed by atoms with Crippen LogP contribution in [0.1, 0.15) is 39.0 Å². The number of hydrogen-bond donors (Lipinski definition) is 1. The van der Waals surface area contributed by atoms with Crippen molar-refractivity contribution in [1.82, 2.24) is 5.32 Å². The van der Waals surface area contributed by atoms with Crippen molar-refractivity contribution < 1.29 is 0 Å². The lowest BCUT2D eigenvalue weighted by Crippen LogP contribution is -2.46. The highest BCUT2D eigenvalue weighted by Crippen LogP contribution is 2.31. The van der Waals surface area contributed by atoms with E-state index in [1.807, 2.05) is 0 Å². The van der Waals surface area contributed by atoms with Crippen LogP contribution >= 0.6 is 0 Å². The van der Waals surface area contributed by atoms with Crippen LogP contribution in [0.4, 0.5) is 0 Å². The van der Waals surface area contributed by atoms with Gasteiger partial charge in [-0.05, 0) is 38.0 Å². The van der Waals surface area contributed by atoms with Gasteiger partial charge in [-0.25, -0.2) is 0 Å². The summed E-state index contributed by atoms with van der Waals surface area (Å²) in [5.74, 6) is 1.19. The van der Waals surface area contributed by atoms with E-state index in [0.29, 0.717) is 12.0 Å². The Hall–Kier alpha value is -0.550. The van der Waals surface area contributed by atoms with Gasteiger partial charge in [-0.3, -0.25) is 0 Å². The minimum absolute atomic E-state index is 0.327. The van der Waals surface area contributed by atoms with Crippen LogP contribution in [0.25, 0.3) is 0 Å². The van der Waals surface area contributed by atoms with Crippen LogP contribution in [0.15, 0.2) is 0 Å². The van der Waals surface area contributed by atoms with Gasteiger partial charge in [0.15, 0.2) is 0 Å². The van der Waals surface area contributed by atoms with E-state index < -0.39 is 0 Å². The molecule has 2 saturated carbocycles. The van der Waals surface area contributed by atoms with E-state index in [0.717, 1.165) is 24.8 Å². The second kappa shape index (κ2) is 3.67. The minimum atomic E-state index is 0.327. The molecule has 1 N–H and O–H groups in total. The number of nitrogens with one attached hydrogen (secondary N) is 1. The van der Waals surface area contributed by atoms with E-state index in [1.165, 1.54) is 19.3 Å². The van der Waals surface area contributed by atoms with Gasteiger partial charge in [0.2, 0.25) is 0 Å². The summed E-state index contributed by atoms with van der Waals surface area (Å²) in [4.78, 5) is 0. The van der Waals surface area contributed by atoms with Gasteiger partial charge in [0.25, 0.3) is 0 Å². The quantitative estimate of drug-likeness (QED) is 0.702. The topological polar surface area (TPSA) is 35.8 Å². The Kier molecular flexibility index (Phi) is 2.55. The zero-order valence-corrected chi connectivity index (χ0v) is 8.29. The fourth-order valence-electron chi connectivity index (χ4n) is 2.47. The minimum Gasteiger partial charge on any atom is -0.311 e. The molecule has 0 aromatic rings. The molecule has 0 aromatic heterocycles. The van der Waals surface area contributed by atoms with Gasteiger partial charge in [0.05, 0.1) is 6.07 Å². The van der Waals surface area contributed by atoms with Crippen LogP contribution < -0.4 is 5.32 Å². The summed E-state index contributed by atoms with van der Waals surface area (Å²) >= 11 is 0. The average molecular weight is 178 g/mol. The Balaban J connectivity index is 1.75. The van der Waals surface area contributed by atoms with Crippen molar-refractivity contribution in [3.05, 3.63) is 0 Å². The molecule has 2 heteroatoms. The molecule has 13 heavy (non-hydrogen) atoms. The molecule has 2 rings (SSSR count). The maximum Gasteiger partial charge on any atom is 0.0656 e. The lowest BCUT2D eigenvalue weighted by atomic mass is 9.80. The summed E-state index contributed by atoms with van der Waals surface area (Å²) in [6, 6.07) is 3.76. The molecule has 2 fully saturated rings. The molecule has 0 radical (unpaired) electrons. The molecular weight excluding hydrogens is 160 g/mol. The molecule has 0 aromatic carbocycles. The maximum atomic E-state index is 8.76. The number of hydrogen-bond acceptors (Lipinski definition) is 2. The van der Waals surface area contributed by atoms with Crippen molar-refractivity contribution in [3.8, 4) is 6.07 Å². The van der Waals surface area contributed by atoms with Crippen LogP contribution in [-0.4, -0.2) is 12.1 Å². The first-order valence-electron chi connectivity index (χ1n) is 5.45. The summed E-state index contributed by atoms with van der Waals surface area (Å²) in [7, 11) is 0. The van der Waals surface area contributed by atoms with Crippen LogP contribution in [0.3, 0.4) is 0 Å². The first-order valence-corrected chi connectivity index (χ1v) is 5.45. The summed E-state index contributed by atoms with van der Waals surface area (Å²) < 4.78 is 0. The van der Waals surface area contributed by atoms with Gasteiger partial charge in [-0.1, -0.05) is 6.92 Å². The van der Waals surface area contributed by atoms with Gasteiger partial charge in [-0.15, -0.1) is 0 Å². The first kappa shape index (κ1) is 9.02. The molecule has 0 amide bonds. The van der Waals surface area contributed by atoms with E-state index in [9.17, 15) is 0 Å². The van der Waals surface area contributed by atoms with Crippen molar-refractivity contribution >= 4 is 0 Å². The Morgan fingerprint density at radius 1 is 1.23 bits per heavy atom. The van der Waals surface area contributed by atoms with Crippen molar-refractivity contribution in [3.63, 3.8) is 0 Å². The van der Waals surface area contributed by atoms with Crippen LogP contribution in [0, 0.1) is 23.2 Å². The molecule has 2 nitrogen and oxygen atoms in total. The number of nitrogens with zero attached hydrogens (tertiary/aromatic N) is 1. The van der Waals surface area contributed by atoms with Crippen LogP contribution in [0.5, 0.6) is 0 Å². The van der Waals surface area contributed by atoms with E-state index in [-0.39, 0.29) is 0 Å². The molecule has 0 aliphatic heterocycles. The smallest absolute Gasteiger partial charge is 0.0656 e. The van der Waals surface area contributed by atoms with E-state index in [2.05, 4.69) is 18.3 Å². The maximum absolute atomic E-state index is 8.76. The summed E-state index contributed by atoms with van der Waals surface area (Å²) in [5, 5.41) is 12.4. The highest BCUT2D eigenvalue weighted by molar-refractivity contribution is 4.95. The van der Waals surface area contributed by atoms with E-state index >= 15 is 0 Å². The third-order valence-corrected chi connectivity index (χ3v) is 3.68. The van der Waals surface area contributed by atoms with Crippen molar-refractivity contribution in [2.45, 2.75) is 51.1 Å². The summed E-state index contributed by atoms with van der Waals surface area (Å²) in [6.45, 7) is 2.32. The number of nitriles is 1. The average Bonchev–Trinajstić information content (AvgIpc) is 2.59.